The maximum absolute atomic E-state index is 12.3. The van der Waals surface area contributed by atoms with Crippen LogP contribution in [0.4, 0.5) is 5.69 Å². The van der Waals surface area contributed by atoms with Gasteiger partial charge in [-0.2, -0.15) is 0 Å². The van der Waals surface area contributed by atoms with E-state index in [0.29, 0.717) is 24.3 Å². The molecule has 0 saturated carbocycles. The highest BCUT2D eigenvalue weighted by Gasteiger charge is 2.18. The summed E-state index contributed by atoms with van der Waals surface area (Å²) in [7, 11) is 0. The average Bonchev–Trinajstić information content (AvgIpc) is 2.68. The van der Waals surface area contributed by atoms with Gasteiger partial charge >= 0.3 is 5.97 Å². The molecule has 0 saturated heterocycles. The van der Waals surface area contributed by atoms with E-state index in [1.165, 1.54) is 0 Å². The summed E-state index contributed by atoms with van der Waals surface area (Å²) in [6, 6.07) is 15.2. The van der Waals surface area contributed by atoms with E-state index >= 15 is 0 Å². The first-order valence-electron chi connectivity index (χ1n) is 8.47. The van der Waals surface area contributed by atoms with Crippen molar-refractivity contribution in [3.63, 3.8) is 0 Å². The molecule has 136 valence electrons. The van der Waals surface area contributed by atoms with Gasteiger partial charge in [-0.05, 0) is 38.1 Å². The SMILES string of the molecule is CCN(CC)C(=O)COC(=O)c1ccccc1NC(=O)c1ccccc1. The zero-order chi connectivity index (χ0) is 18.9. The molecule has 0 aromatic heterocycles. The number of amides is 2. The van der Waals surface area contributed by atoms with Crippen LogP contribution in [0.5, 0.6) is 0 Å². The molecule has 0 radical (unpaired) electrons. The Morgan fingerprint density at radius 1 is 0.923 bits per heavy atom. The van der Waals surface area contributed by atoms with Crippen LogP contribution >= 0.6 is 0 Å². The first-order chi connectivity index (χ1) is 12.6. The second-order valence-corrected chi connectivity index (χ2v) is 5.51. The lowest BCUT2D eigenvalue weighted by atomic mass is 10.1. The fourth-order valence-electron chi connectivity index (χ4n) is 2.43. The number of hydrogen-bond acceptors (Lipinski definition) is 4. The molecule has 0 bridgehead atoms. The van der Waals surface area contributed by atoms with Gasteiger partial charge in [0.1, 0.15) is 0 Å². The van der Waals surface area contributed by atoms with E-state index in [9.17, 15) is 14.4 Å². The van der Waals surface area contributed by atoms with Crippen molar-refractivity contribution in [1.29, 1.82) is 0 Å². The minimum atomic E-state index is -0.658. The van der Waals surface area contributed by atoms with Crippen LogP contribution in [0.15, 0.2) is 54.6 Å². The Labute approximate surface area is 152 Å². The van der Waals surface area contributed by atoms with Crippen LogP contribution in [0.1, 0.15) is 34.6 Å². The van der Waals surface area contributed by atoms with Crippen molar-refractivity contribution < 1.29 is 19.1 Å². The lowest BCUT2D eigenvalue weighted by Crippen LogP contribution is -2.34. The van der Waals surface area contributed by atoms with Gasteiger partial charge in [0.2, 0.25) is 0 Å². The molecule has 2 aromatic carbocycles. The Morgan fingerprint density at radius 3 is 2.19 bits per heavy atom. The molecule has 2 amide bonds. The quantitative estimate of drug-likeness (QED) is 0.776. The van der Waals surface area contributed by atoms with E-state index in [4.69, 9.17) is 4.74 Å². The third kappa shape index (κ3) is 4.92. The highest BCUT2D eigenvalue weighted by Crippen LogP contribution is 2.17. The molecule has 0 aliphatic carbocycles. The fraction of sp³-hybridized carbons (Fsp3) is 0.250. The number of esters is 1. The monoisotopic (exact) mass is 354 g/mol. The van der Waals surface area contributed by atoms with Crippen molar-refractivity contribution in [3.05, 3.63) is 65.7 Å². The number of ether oxygens (including phenoxy) is 1. The van der Waals surface area contributed by atoms with Crippen LogP contribution in [0.2, 0.25) is 0 Å². The van der Waals surface area contributed by atoms with Gasteiger partial charge in [0.05, 0.1) is 11.3 Å². The number of hydrogen-bond donors (Lipinski definition) is 1. The molecule has 2 aromatic rings. The molecule has 6 nitrogen and oxygen atoms in total. The summed E-state index contributed by atoms with van der Waals surface area (Å²) in [6.45, 7) is 4.49. The number of carbonyl (C=O) groups excluding carboxylic acids is 3. The molecule has 0 spiro atoms. The van der Waals surface area contributed by atoms with E-state index in [-0.39, 0.29) is 24.0 Å². The number of nitrogens with zero attached hydrogens (tertiary/aromatic N) is 1. The second-order valence-electron chi connectivity index (χ2n) is 5.51. The van der Waals surface area contributed by atoms with E-state index in [2.05, 4.69) is 5.32 Å². The minimum Gasteiger partial charge on any atom is -0.452 e. The number of para-hydroxylation sites is 1. The van der Waals surface area contributed by atoms with Crippen molar-refractivity contribution in [2.75, 3.05) is 25.0 Å². The normalized spacial score (nSPS) is 10.1. The molecule has 26 heavy (non-hydrogen) atoms. The largest absolute Gasteiger partial charge is 0.452 e. The Balaban J connectivity index is 2.07. The van der Waals surface area contributed by atoms with Crippen molar-refractivity contribution in [1.82, 2.24) is 4.90 Å². The highest BCUT2D eigenvalue weighted by atomic mass is 16.5. The van der Waals surface area contributed by atoms with Gasteiger partial charge in [0.25, 0.3) is 11.8 Å². The molecule has 0 atom stereocenters. The maximum atomic E-state index is 12.3. The smallest absolute Gasteiger partial charge is 0.340 e. The standard InChI is InChI=1S/C20H22N2O4/c1-3-22(4-2)18(23)14-26-20(25)16-12-8-9-13-17(16)21-19(24)15-10-6-5-7-11-15/h5-13H,3-4,14H2,1-2H3,(H,21,24). The van der Waals surface area contributed by atoms with Crippen LogP contribution in [0.25, 0.3) is 0 Å². The van der Waals surface area contributed by atoms with Gasteiger partial charge in [-0.3, -0.25) is 9.59 Å². The van der Waals surface area contributed by atoms with Gasteiger partial charge in [-0.15, -0.1) is 0 Å². The van der Waals surface area contributed by atoms with Crippen molar-refractivity contribution in [2.24, 2.45) is 0 Å². The minimum absolute atomic E-state index is 0.198. The summed E-state index contributed by atoms with van der Waals surface area (Å²) in [5.74, 6) is -1.24. The molecule has 1 N–H and O–H groups in total. The summed E-state index contributed by atoms with van der Waals surface area (Å²) >= 11 is 0. The molecular formula is C20H22N2O4. The van der Waals surface area contributed by atoms with Crippen molar-refractivity contribution in [3.8, 4) is 0 Å². The van der Waals surface area contributed by atoms with E-state index in [1.54, 1.807) is 53.4 Å². The summed E-state index contributed by atoms with van der Waals surface area (Å²) < 4.78 is 5.12. The van der Waals surface area contributed by atoms with Gasteiger partial charge < -0.3 is 15.0 Å². The topological polar surface area (TPSA) is 75.7 Å². The summed E-state index contributed by atoms with van der Waals surface area (Å²) in [6.07, 6.45) is 0. The van der Waals surface area contributed by atoms with Crippen LogP contribution in [-0.4, -0.2) is 42.4 Å². The van der Waals surface area contributed by atoms with Gasteiger partial charge in [-0.1, -0.05) is 30.3 Å². The van der Waals surface area contributed by atoms with Crippen LogP contribution in [0.3, 0.4) is 0 Å². The lowest BCUT2D eigenvalue weighted by molar-refractivity contribution is -0.134. The number of benzene rings is 2. The summed E-state index contributed by atoms with van der Waals surface area (Å²) in [5, 5.41) is 2.71. The fourth-order valence-corrected chi connectivity index (χ4v) is 2.43. The number of carbonyl (C=O) groups is 3. The first kappa shape index (κ1) is 19.2. The van der Waals surface area contributed by atoms with Crippen LogP contribution in [-0.2, 0) is 9.53 Å². The molecule has 2 rings (SSSR count). The molecule has 0 aliphatic rings. The molecule has 6 heteroatoms. The van der Waals surface area contributed by atoms with Gasteiger partial charge in [0, 0.05) is 18.7 Å². The lowest BCUT2D eigenvalue weighted by Gasteiger charge is -2.18. The van der Waals surface area contributed by atoms with E-state index in [0.717, 1.165) is 0 Å². The van der Waals surface area contributed by atoms with Gasteiger partial charge in [0.15, 0.2) is 6.61 Å². The Morgan fingerprint density at radius 2 is 1.54 bits per heavy atom. The van der Waals surface area contributed by atoms with Crippen LogP contribution < -0.4 is 5.32 Å². The predicted molar refractivity (Wildman–Crippen MR) is 99.0 cm³/mol. The predicted octanol–water partition coefficient (Wildman–Crippen LogP) is 2.96. The average molecular weight is 354 g/mol. The van der Waals surface area contributed by atoms with Gasteiger partial charge in [-0.25, -0.2) is 4.79 Å². The Kier molecular flexibility index (Phi) is 6.91. The zero-order valence-electron chi connectivity index (χ0n) is 14.9. The zero-order valence-corrected chi connectivity index (χ0v) is 14.9. The third-order valence-electron chi connectivity index (χ3n) is 3.87. The van der Waals surface area contributed by atoms with Crippen LogP contribution in [0, 0.1) is 0 Å². The molecule has 0 aliphatic heterocycles. The maximum Gasteiger partial charge on any atom is 0.340 e. The molecular weight excluding hydrogens is 332 g/mol. The van der Waals surface area contributed by atoms with Crippen molar-refractivity contribution >= 4 is 23.5 Å². The van der Waals surface area contributed by atoms with Crippen molar-refractivity contribution in [2.45, 2.75) is 13.8 Å². The highest BCUT2D eigenvalue weighted by molar-refractivity contribution is 6.08. The first-order valence-corrected chi connectivity index (χ1v) is 8.47. The number of rotatable bonds is 7. The Bertz CT molecular complexity index is 770. The number of nitrogens with one attached hydrogen (secondary N) is 1. The van der Waals surface area contributed by atoms with E-state index in [1.807, 2.05) is 19.9 Å². The van der Waals surface area contributed by atoms with E-state index < -0.39 is 5.97 Å². The summed E-state index contributed by atoms with van der Waals surface area (Å²) in [5.41, 5.74) is 1.01. The molecule has 0 unspecified atom stereocenters. The molecule has 0 heterocycles. The third-order valence-corrected chi connectivity index (χ3v) is 3.87. The second kappa shape index (κ2) is 9.36. The number of likely N-dealkylation sites (N-methyl/N-ethyl adjacent to an activating group) is 1. The molecule has 0 fully saturated rings. The summed E-state index contributed by atoms with van der Waals surface area (Å²) in [4.78, 5) is 38.2. The number of anilines is 1. The Hall–Kier alpha value is -3.15.